The molecule has 0 bridgehead atoms. The van der Waals surface area contributed by atoms with Crippen molar-refractivity contribution in [2.45, 2.75) is 6.42 Å². The number of para-hydroxylation sites is 1. The summed E-state index contributed by atoms with van der Waals surface area (Å²) in [7, 11) is 0. The molecule has 0 saturated carbocycles. The Morgan fingerprint density at radius 2 is 1.74 bits per heavy atom. The molecule has 0 N–H and O–H groups in total. The van der Waals surface area contributed by atoms with Crippen LogP contribution >= 0.6 is 11.6 Å². The van der Waals surface area contributed by atoms with Crippen molar-refractivity contribution < 1.29 is 9.72 Å². The van der Waals surface area contributed by atoms with Crippen molar-refractivity contribution in [3.8, 4) is 0 Å². The molecule has 0 amide bonds. The minimum Gasteiger partial charge on any atom is -0.294 e. The summed E-state index contributed by atoms with van der Waals surface area (Å²) in [6.07, 6.45) is -0.00120. The first kappa shape index (κ1) is 13.2. The summed E-state index contributed by atoms with van der Waals surface area (Å²) in [5.41, 5.74) is 0.861. The number of halogens is 1. The van der Waals surface area contributed by atoms with Gasteiger partial charge in [0.15, 0.2) is 5.78 Å². The molecule has 0 aromatic heterocycles. The lowest BCUT2D eigenvalue weighted by atomic mass is 10.0. The topological polar surface area (TPSA) is 60.2 Å². The Balaban J connectivity index is 2.24. The Bertz CT molecular complexity index is 623. The highest BCUT2D eigenvalue weighted by atomic mass is 35.5. The monoisotopic (exact) mass is 275 g/mol. The predicted octanol–water partition coefficient (Wildman–Crippen LogP) is 3.67. The van der Waals surface area contributed by atoms with Crippen LogP contribution in [0.25, 0.3) is 0 Å². The van der Waals surface area contributed by atoms with Crippen molar-refractivity contribution >= 4 is 23.1 Å². The SMILES string of the molecule is O=C(Cc1ccccc1[N+](=O)[O-])c1ccc(Cl)cc1. The van der Waals surface area contributed by atoms with Crippen LogP contribution in [0.2, 0.25) is 5.02 Å². The lowest BCUT2D eigenvalue weighted by Crippen LogP contribution is -2.05. The number of rotatable bonds is 4. The molecule has 2 rings (SSSR count). The standard InChI is InChI=1S/C14H10ClNO3/c15-12-7-5-10(6-8-12)14(17)9-11-3-1-2-4-13(11)16(18)19/h1-8H,9H2. The second-order valence-corrected chi connectivity index (χ2v) is 4.43. The summed E-state index contributed by atoms with van der Waals surface area (Å²) >= 11 is 5.74. The van der Waals surface area contributed by atoms with Crippen LogP contribution in [0, 0.1) is 10.1 Å². The number of hydrogen-bond donors (Lipinski definition) is 0. The van der Waals surface area contributed by atoms with Crippen LogP contribution in [0.4, 0.5) is 5.69 Å². The van der Waals surface area contributed by atoms with Gasteiger partial charge in [0, 0.05) is 28.6 Å². The van der Waals surface area contributed by atoms with Gasteiger partial charge in [-0.1, -0.05) is 29.8 Å². The number of nitro benzene ring substituents is 1. The first-order valence-electron chi connectivity index (χ1n) is 5.59. The van der Waals surface area contributed by atoms with Crippen LogP contribution in [-0.2, 0) is 6.42 Å². The molecular weight excluding hydrogens is 266 g/mol. The summed E-state index contributed by atoms with van der Waals surface area (Å²) in [5, 5.41) is 11.4. The van der Waals surface area contributed by atoms with Crippen molar-refractivity contribution in [2.24, 2.45) is 0 Å². The second-order valence-electron chi connectivity index (χ2n) is 3.99. The third-order valence-electron chi connectivity index (χ3n) is 2.71. The minimum atomic E-state index is -0.482. The molecule has 0 unspecified atom stereocenters. The number of nitrogens with zero attached hydrogens (tertiary/aromatic N) is 1. The lowest BCUT2D eigenvalue weighted by molar-refractivity contribution is -0.385. The Kier molecular flexibility index (Phi) is 3.92. The Morgan fingerprint density at radius 3 is 2.37 bits per heavy atom. The van der Waals surface area contributed by atoms with Gasteiger partial charge >= 0.3 is 0 Å². The van der Waals surface area contributed by atoms with E-state index in [0.29, 0.717) is 16.1 Å². The van der Waals surface area contributed by atoms with E-state index in [2.05, 4.69) is 0 Å². The van der Waals surface area contributed by atoms with Gasteiger partial charge < -0.3 is 0 Å². The molecule has 0 aliphatic heterocycles. The third kappa shape index (κ3) is 3.17. The number of carbonyl (C=O) groups excluding carboxylic acids is 1. The molecule has 0 saturated heterocycles. The Hall–Kier alpha value is -2.20. The van der Waals surface area contributed by atoms with Crippen LogP contribution in [-0.4, -0.2) is 10.7 Å². The average molecular weight is 276 g/mol. The van der Waals surface area contributed by atoms with E-state index in [4.69, 9.17) is 11.6 Å². The van der Waals surface area contributed by atoms with E-state index < -0.39 is 4.92 Å². The van der Waals surface area contributed by atoms with Gasteiger partial charge in [-0.3, -0.25) is 14.9 Å². The van der Waals surface area contributed by atoms with Gasteiger partial charge in [-0.25, -0.2) is 0 Å². The fourth-order valence-corrected chi connectivity index (χ4v) is 1.88. The molecule has 0 aliphatic rings. The molecule has 0 spiro atoms. The van der Waals surface area contributed by atoms with Crippen molar-refractivity contribution in [1.82, 2.24) is 0 Å². The molecular formula is C14H10ClNO3. The van der Waals surface area contributed by atoms with E-state index in [1.807, 2.05) is 0 Å². The first-order valence-corrected chi connectivity index (χ1v) is 5.97. The fraction of sp³-hybridized carbons (Fsp3) is 0.0714. The summed E-state index contributed by atoms with van der Waals surface area (Å²) in [4.78, 5) is 22.4. The third-order valence-corrected chi connectivity index (χ3v) is 2.96. The van der Waals surface area contributed by atoms with Crippen molar-refractivity contribution in [2.75, 3.05) is 0 Å². The van der Waals surface area contributed by atoms with Gasteiger partial charge in [-0.15, -0.1) is 0 Å². The molecule has 0 fully saturated rings. The van der Waals surface area contributed by atoms with E-state index in [1.165, 1.54) is 6.07 Å². The van der Waals surface area contributed by atoms with E-state index >= 15 is 0 Å². The highest BCUT2D eigenvalue weighted by Gasteiger charge is 2.16. The zero-order valence-electron chi connectivity index (χ0n) is 9.88. The summed E-state index contributed by atoms with van der Waals surface area (Å²) in [5.74, 6) is -0.175. The molecule has 5 heteroatoms. The number of Topliss-reactive ketones (excluding diaryl/α,β-unsaturated/α-hetero) is 1. The van der Waals surface area contributed by atoms with Crippen molar-refractivity contribution in [3.63, 3.8) is 0 Å². The number of carbonyl (C=O) groups is 1. The number of benzene rings is 2. The molecule has 19 heavy (non-hydrogen) atoms. The van der Waals surface area contributed by atoms with Gasteiger partial charge in [0.2, 0.25) is 0 Å². The average Bonchev–Trinajstić information content (AvgIpc) is 2.39. The lowest BCUT2D eigenvalue weighted by Gasteiger charge is -2.03. The fourth-order valence-electron chi connectivity index (χ4n) is 1.75. The minimum absolute atomic E-state index is 0.00120. The first-order chi connectivity index (χ1) is 9.08. The van der Waals surface area contributed by atoms with Gasteiger partial charge in [0.1, 0.15) is 0 Å². The molecule has 0 atom stereocenters. The normalized spacial score (nSPS) is 10.2. The second kappa shape index (κ2) is 5.63. The molecule has 96 valence electrons. The zero-order chi connectivity index (χ0) is 13.8. The van der Waals surface area contributed by atoms with E-state index in [0.717, 1.165) is 0 Å². The number of hydrogen-bond acceptors (Lipinski definition) is 3. The maximum absolute atomic E-state index is 12.0. The summed E-state index contributed by atoms with van der Waals surface area (Å²) in [6, 6.07) is 12.7. The van der Waals surface area contributed by atoms with Crippen molar-refractivity contribution in [1.29, 1.82) is 0 Å². The van der Waals surface area contributed by atoms with Crippen LogP contribution < -0.4 is 0 Å². The molecule has 0 radical (unpaired) electrons. The van der Waals surface area contributed by atoms with Crippen LogP contribution in [0.3, 0.4) is 0 Å². The maximum Gasteiger partial charge on any atom is 0.273 e. The molecule has 0 heterocycles. The Labute approximate surface area is 114 Å². The van der Waals surface area contributed by atoms with Crippen molar-refractivity contribution in [3.05, 3.63) is 74.8 Å². The largest absolute Gasteiger partial charge is 0.294 e. The van der Waals surface area contributed by atoms with Crippen LogP contribution in [0.1, 0.15) is 15.9 Å². The quantitative estimate of drug-likeness (QED) is 0.486. The summed E-state index contributed by atoms with van der Waals surface area (Å²) in [6.45, 7) is 0. The smallest absolute Gasteiger partial charge is 0.273 e. The Morgan fingerprint density at radius 1 is 1.11 bits per heavy atom. The van der Waals surface area contributed by atoms with Gasteiger partial charge in [-0.05, 0) is 24.3 Å². The highest BCUT2D eigenvalue weighted by molar-refractivity contribution is 6.30. The molecule has 2 aromatic carbocycles. The predicted molar refractivity (Wildman–Crippen MR) is 72.6 cm³/mol. The molecule has 2 aromatic rings. The van der Waals surface area contributed by atoms with E-state index in [-0.39, 0.29) is 17.9 Å². The van der Waals surface area contributed by atoms with Crippen LogP contribution in [0.15, 0.2) is 48.5 Å². The van der Waals surface area contributed by atoms with Gasteiger partial charge in [0.25, 0.3) is 5.69 Å². The van der Waals surface area contributed by atoms with Crippen LogP contribution in [0.5, 0.6) is 0 Å². The molecule has 4 nitrogen and oxygen atoms in total. The maximum atomic E-state index is 12.0. The van der Waals surface area contributed by atoms with E-state index in [9.17, 15) is 14.9 Å². The highest BCUT2D eigenvalue weighted by Crippen LogP contribution is 2.20. The zero-order valence-corrected chi connectivity index (χ0v) is 10.6. The summed E-state index contributed by atoms with van der Waals surface area (Å²) < 4.78 is 0. The van der Waals surface area contributed by atoms with Gasteiger partial charge in [0.05, 0.1) is 4.92 Å². The molecule has 0 aliphatic carbocycles. The van der Waals surface area contributed by atoms with Gasteiger partial charge in [-0.2, -0.15) is 0 Å². The number of nitro groups is 1. The number of ketones is 1. The van der Waals surface area contributed by atoms with E-state index in [1.54, 1.807) is 42.5 Å².